The topological polar surface area (TPSA) is 132 Å². The summed E-state index contributed by atoms with van der Waals surface area (Å²) in [7, 11) is -4.50. The first-order valence-corrected chi connectivity index (χ1v) is 22.0. The highest BCUT2D eigenvalue weighted by Crippen LogP contribution is 2.43. The van der Waals surface area contributed by atoms with Gasteiger partial charge in [-0.1, -0.05) is 181 Å². The van der Waals surface area contributed by atoms with E-state index in [2.05, 4.69) is 13.8 Å². The van der Waals surface area contributed by atoms with E-state index < -0.39 is 33.2 Å². The molecule has 0 amide bonds. The summed E-state index contributed by atoms with van der Waals surface area (Å²) < 4.78 is 33.3. The summed E-state index contributed by atoms with van der Waals surface area (Å²) in [5.41, 5.74) is 0. The fraction of sp³-hybridized carbons (Fsp3) is 0.974. The molecule has 10 heteroatoms. The number of rotatable bonds is 40. The summed E-state index contributed by atoms with van der Waals surface area (Å²) in [5, 5.41) is 18.3. The molecule has 0 rings (SSSR count). The number of carbonyl (C=O) groups excluding carboxylic acids is 1. The molecular formula is C39H79O9P. The highest BCUT2D eigenvalue weighted by molar-refractivity contribution is 7.47. The van der Waals surface area contributed by atoms with E-state index in [0.717, 1.165) is 32.1 Å². The third kappa shape index (κ3) is 37.0. The Hall–Kier alpha value is -0.540. The number of unbranched alkanes of at least 4 members (excludes halogenated alkanes) is 26. The summed E-state index contributed by atoms with van der Waals surface area (Å²) in [5.74, 6) is -0.380. The number of hydrogen-bond donors (Lipinski definition) is 3. The second kappa shape index (κ2) is 37.2. The standard InChI is InChI=1S/C39H79O9P/c1-3-5-7-9-11-13-15-16-17-18-19-20-21-22-24-26-28-30-32-45-35-38(36-47-49(43,44)46-34-37(41)33-40)48-39(42)31-29-27-25-23-14-12-10-8-6-4-2/h37-38,40-41H,3-36H2,1-2H3,(H,43,44). The Bertz CT molecular complexity index is 739. The van der Waals surface area contributed by atoms with Gasteiger partial charge in [-0.15, -0.1) is 0 Å². The molecule has 0 aliphatic rings. The van der Waals surface area contributed by atoms with Crippen LogP contribution >= 0.6 is 7.82 Å². The first kappa shape index (κ1) is 48.5. The van der Waals surface area contributed by atoms with Crippen LogP contribution in [-0.4, -0.2) is 66.3 Å². The van der Waals surface area contributed by atoms with Crippen LogP contribution in [0, 0.1) is 0 Å². The molecule has 0 radical (unpaired) electrons. The Morgan fingerprint density at radius 2 is 0.918 bits per heavy atom. The summed E-state index contributed by atoms with van der Waals surface area (Å²) in [6, 6.07) is 0. The van der Waals surface area contributed by atoms with Crippen LogP contribution in [0.5, 0.6) is 0 Å². The average molecular weight is 723 g/mol. The van der Waals surface area contributed by atoms with E-state index in [0.29, 0.717) is 6.61 Å². The molecule has 0 aliphatic heterocycles. The SMILES string of the molecule is CCCCCCCCCCCCCCCCCCCCOCC(COP(=O)(O)OCC(O)CO)OC(=O)CCCCCCCCCCCC. The minimum Gasteiger partial charge on any atom is -0.457 e. The minimum absolute atomic E-state index is 0.0575. The molecule has 0 saturated heterocycles. The lowest BCUT2D eigenvalue weighted by molar-refractivity contribution is -0.154. The van der Waals surface area contributed by atoms with Crippen molar-refractivity contribution < 1.29 is 43.0 Å². The fourth-order valence-corrected chi connectivity index (χ4v) is 6.68. The Kier molecular flexibility index (Phi) is 36.8. The third-order valence-corrected chi connectivity index (χ3v) is 9.99. The summed E-state index contributed by atoms with van der Waals surface area (Å²) in [6.07, 6.45) is 33.5. The van der Waals surface area contributed by atoms with Crippen molar-refractivity contribution in [3.8, 4) is 0 Å². The Balaban J connectivity index is 4.08. The average Bonchev–Trinajstić information content (AvgIpc) is 3.09. The molecule has 0 heterocycles. The number of phosphoric acid groups is 1. The lowest BCUT2D eigenvalue weighted by Gasteiger charge is -2.20. The van der Waals surface area contributed by atoms with Gasteiger partial charge in [-0.25, -0.2) is 4.57 Å². The van der Waals surface area contributed by atoms with E-state index in [-0.39, 0.29) is 25.6 Å². The molecule has 0 aromatic carbocycles. The maximum absolute atomic E-state index is 12.5. The predicted molar refractivity (Wildman–Crippen MR) is 201 cm³/mol. The van der Waals surface area contributed by atoms with Crippen LogP contribution in [0.2, 0.25) is 0 Å². The Morgan fingerprint density at radius 3 is 1.33 bits per heavy atom. The molecule has 0 aromatic heterocycles. The number of aliphatic hydroxyl groups excluding tert-OH is 2. The molecule has 9 nitrogen and oxygen atoms in total. The zero-order chi connectivity index (χ0) is 36.1. The van der Waals surface area contributed by atoms with E-state index in [4.69, 9.17) is 23.6 Å². The smallest absolute Gasteiger partial charge is 0.457 e. The zero-order valence-corrected chi connectivity index (χ0v) is 32.8. The normalized spacial score (nSPS) is 14.1. The Morgan fingerprint density at radius 1 is 0.551 bits per heavy atom. The van der Waals surface area contributed by atoms with Gasteiger partial charge in [-0.05, 0) is 12.8 Å². The summed E-state index contributed by atoms with van der Waals surface area (Å²) in [4.78, 5) is 22.4. The van der Waals surface area contributed by atoms with Gasteiger partial charge >= 0.3 is 13.8 Å². The first-order chi connectivity index (χ1) is 23.8. The van der Waals surface area contributed by atoms with Crippen molar-refractivity contribution >= 4 is 13.8 Å². The van der Waals surface area contributed by atoms with Crippen molar-refractivity contribution in [2.45, 2.75) is 212 Å². The quantitative estimate of drug-likeness (QED) is 0.0321. The van der Waals surface area contributed by atoms with Crippen LogP contribution in [0.3, 0.4) is 0 Å². The monoisotopic (exact) mass is 723 g/mol. The lowest BCUT2D eigenvalue weighted by Crippen LogP contribution is -2.29. The number of carbonyl (C=O) groups is 1. The number of hydrogen-bond acceptors (Lipinski definition) is 8. The molecular weight excluding hydrogens is 643 g/mol. The number of esters is 1. The first-order valence-electron chi connectivity index (χ1n) is 20.5. The molecule has 0 aliphatic carbocycles. The highest BCUT2D eigenvalue weighted by Gasteiger charge is 2.26. The molecule has 3 unspecified atom stereocenters. The van der Waals surface area contributed by atoms with Crippen LogP contribution < -0.4 is 0 Å². The maximum atomic E-state index is 12.5. The number of aliphatic hydroxyl groups is 2. The molecule has 0 fully saturated rings. The van der Waals surface area contributed by atoms with Gasteiger partial charge in [0.05, 0.1) is 26.4 Å². The summed E-state index contributed by atoms with van der Waals surface area (Å²) >= 11 is 0. The number of ether oxygens (including phenoxy) is 2. The van der Waals surface area contributed by atoms with Crippen LogP contribution in [0.25, 0.3) is 0 Å². The zero-order valence-electron chi connectivity index (χ0n) is 31.9. The van der Waals surface area contributed by atoms with Crippen molar-refractivity contribution in [3.05, 3.63) is 0 Å². The Labute approximate surface area is 301 Å². The van der Waals surface area contributed by atoms with Crippen LogP contribution in [0.15, 0.2) is 0 Å². The van der Waals surface area contributed by atoms with Gasteiger partial charge in [0.1, 0.15) is 12.2 Å². The van der Waals surface area contributed by atoms with Crippen LogP contribution in [0.4, 0.5) is 0 Å². The van der Waals surface area contributed by atoms with Gasteiger partial charge in [0.15, 0.2) is 0 Å². The molecule has 49 heavy (non-hydrogen) atoms. The van der Waals surface area contributed by atoms with Crippen LogP contribution in [0.1, 0.15) is 200 Å². The van der Waals surface area contributed by atoms with Gasteiger partial charge in [0, 0.05) is 13.0 Å². The molecule has 0 aromatic rings. The predicted octanol–water partition coefficient (Wildman–Crippen LogP) is 10.8. The number of phosphoric ester groups is 1. The van der Waals surface area contributed by atoms with E-state index in [1.807, 2.05) is 0 Å². The van der Waals surface area contributed by atoms with Crippen LogP contribution in [-0.2, 0) is 27.9 Å². The van der Waals surface area contributed by atoms with Gasteiger partial charge in [0.2, 0.25) is 0 Å². The van der Waals surface area contributed by atoms with E-state index in [9.17, 15) is 19.4 Å². The molecule has 0 saturated carbocycles. The van der Waals surface area contributed by atoms with Crippen molar-refractivity contribution in [1.29, 1.82) is 0 Å². The second-order valence-corrected chi connectivity index (χ2v) is 15.5. The lowest BCUT2D eigenvalue weighted by atomic mass is 10.0. The van der Waals surface area contributed by atoms with Gasteiger partial charge in [0.25, 0.3) is 0 Å². The van der Waals surface area contributed by atoms with E-state index in [1.165, 1.54) is 148 Å². The molecule has 3 N–H and O–H groups in total. The third-order valence-electron chi connectivity index (χ3n) is 9.04. The van der Waals surface area contributed by atoms with Gasteiger partial charge in [-0.3, -0.25) is 13.8 Å². The van der Waals surface area contributed by atoms with Gasteiger partial charge < -0.3 is 24.6 Å². The molecule has 3 atom stereocenters. The fourth-order valence-electron chi connectivity index (χ4n) is 5.89. The van der Waals surface area contributed by atoms with Crippen molar-refractivity contribution in [1.82, 2.24) is 0 Å². The van der Waals surface area contributed by atoms with Crippen molar-refractivity contribution in [2.24, 2.45) is 0 Å². The largest absolute Gasteiger partial charge is 0.472 e. The highest BCUT2D eigenvalue weighted by atomic mass is 31.2. The van der Waals surface area contributed by atoms with E-state index >= 15 is 0 Å². The van der Waals surface area contributed by atoms with Crippen molar-refractivity contribution in [2.75, 3.05) is 33.0 Å². The minimum atomic E-state index is -4.50. The molecule has 294 valence electrons. The second-order valence-electron chi connectivity index (χ2n) is 14.0. The molecule has 0 bridgehead atoms. The maximum Gasteiger partial charge on any atom is 0.472 e. The molecule has 0 spiro atoms. The summed E-state index contributed by atoms with van der Waals surface area (Å²) in [6.45, 7) is 3.54. The van der Waals surface area contributed by atoms with E-state index in [1.54, 1.807) is 0 Å². The van der Waals surface area contributed by atoms with Gasteiger partial charge in [-0.2, -0.15) is 0 Å². The van der Waals surface area contributed by atoms with Crippen molar-refractivity contribution in [3.63, 3.8) is 0 Å².